The van der Waals surface area contributed by atoms with Crippen LogP contribution in [0.4, 0.5) is 5.69 Å². The fourth-order valence-electron chi connectivity index (χ4n) is 1.88. The van der Waals surface area contributed by atoms with E-state index >= 15 is 0 Å². The molecule has 0 aliphatic carbocycles. The normalized spacial score (nSPS) is 11.0. The first-order valence-electron chi connectivity index (χ1n) is 6.29. The number of rotatable bonds is 5. The Morgan fingerprint density at radius 1 is 1.05 bits per heavy atom. The molecule has 0 atom stereocenters. The molecule has 0 N–H and O–H groups in total. The average molecular weight is 413 g/mol. The van der Waals surface area contributed by atoms with Gasteiger partial charge in [-0.05, 0) is 36.4 Å². The molecule has 0 bridgehead atoms. The maximum atomic E-state index is 5.36. The summed E-state index contributed by atoms with van der Waals surface area (Å²) < 4.78 is 12.6. The van der Waals surface area contributed by atoms with Crippen molar-refractivity contribution in [2.75, 3.05) is 14.2 Å². The Balaban J connectivity index is 2.33. The van der Waals surface area contributed by atoms with E-state index in [0.717, 1.165) is 31.5 Å². The van der Waals surface area contributed by atoms with Crippen molar-refractivity contribution >= 4 is 43.8 Å². The van der Waals surface area contributed by atoms with E-state index in [0.29, 0.717) is 6.61 Å². The highest BCUT2D eigenvalue weighted by Crippen LogP contribution is 2.26. The van der Waals surface area contributed by atoms with E-state index < -0.39 is 0 Å². The van der Waals surface area contributed by atoms with E-state index in [1.807, 2.05) is 36.4 Å². The van der Waals surface area contributed by atoms with Gasteiger partial charge in [-0.25, -0.2) is 0 Å². The molecule has 0 radical (unpaired) electrons. The molecule has 0 saturated carbocycles. The van der Waals surface area contributed by atoms with Crippen molar-refractivity contribution < 1.29 is 9.47 Å². The van der Waals surface area contributed by atoms with Gasteiger partial charge < -0.3 is 9.47 Å². The van der Waals surface area contributed by atoms with Crippen LogP contribution in [0.3, 0.4) is 0 Å². The number of hydrogen-bond acceptors (Lipinski definition) is 3. The van der Waals surface area contributed by atoms with Gasteiger partial charge in [-0.1, -0.05) is 31.9 Å². The predicted molar refractivity (Wildman–Crippen MR) is 92.8 cm³/mol. The van der Waals surface area contributed by atoms with Crippen LogP contribution in [-0.2, 0) is 11.3 Å². The highest BCUT2D eigenvalue weighted by atomic mass is 79.9. The zero-order chi connectivity index (χ0) is 15.2. The van der Waals surface area contributed by atoms with Crippen LogP contribution >= 0.6 is 31.9 Å². The van der Waals surface area contributed by atoms with Gasteiger partial charge in [0.25, 0.3) is 0 Å². The Morgan fingerprint density at radius 3 is 2.48 bits per heavy atom. The fourth-order valence-corrected chi connectivity index (χ4v) is 2.63. The van der Waals surface area contributed by atoms with E-state index in [2.05, 4.69) is 36.9 Å². The molecular formula is C16H15Br2NO2. The third-order valence-electron chi connectivity index (χ3n) is 2.88. The summed E-state index contributed by atoms with van der Waals surface area (Å²) in [6.45, 7) is 0.517. The van der Waals surface area contributed by atoms with Crippen LogP contribution in [0.15, 0.2) is 50.3 Å². The predicted octanol–water partition coefficient (Wildman–Crippen LogP) is 5.12. The molecule has 0 unspecified atom stereocenters. The number of nitrogens with zero attached hydrogens (tertiary/aromatic N) is 1. The number of halogens is 2. The van der Waals surface area contributed by atoms with Crippen molar-refractivity contribution in [2.24, 2.45) is 4.99 Å². The zero-order valence-electron chi connectivity index (χ0n) is 11.8. The van der Waals surface area contributed by atoms with Crippen molar-refractivity contribution in [1.29, 1.82) is 0 Å². The van der Waals surface area contributed by atoms with Crippen LogP contribution in [0.25, 0.3) is 0 Å². The fraction of sp³-hybridized carbons (Fsp3) is 0.188. The van der Waals surface area contributed by atoms with E-state index in [1.165, 1.54) is 0 Å². The van der Waals surface area contributed by atoms with Crippen molar-refractivity contribution in [1.82, 2.24) is 0 Å². The van der Waals surface area contributed by atoms with Crippen LogP contribution in [-0.4, -0.2) is 20.4 Å². The maximum Gasteiger partial charge on any atom is 0.128 e. The lowest BCUT2D eigenvalue weighted by Gasteiger charge is -2.07. The lowest BCUT2D eigenvalue weighted by Crippen LogP contribution is -1.92. The summed E-state index contributed by atoms with van der Waals surface area (Å²) in [5.41, 5.74) is 2.83. The second-order valence-electron chi connectivity index (χ2n) is 4.35. The number of hydrogen-bond donors (Lipinski definition) is 0. The minimum atomic E-state index is 0.517. The van der Waals surface area contributed by atoms with Crippen LogP contribution in [0, 0.1) is 0 Å². The van der Waals surface area contributed by atoms with Gasteiger partial charge in [0.1, 0.15) is 5.75 Å². The van der Waals surface area contributed by atoms with Gasteiger partial charge in [-0.15, -0.1) is 0 Å². The monoisotopic (exact) mass is 411 g/mol. The quantitative estimate of drug-likeness (QED) is 0.638. The second-order valence-corrected chi connectivity index (χ2v) is 6.18. The Hall–Kier alpha value is -1.17. The van der Waals surface area contributed by atoms with Crippen LogP contribution in [0.1, 0.15) is 11.1 Å². The molecule has 0 heterocycles. The van der Waals surface area contributed by atoms with Crippen LogP contribution < -0.4 is 4.74 Å². The standard InChI is InChI=1S/C16H15Br2NO2/c1-20-10-12-7-13(17)5-6-15(12)19-9-11-3-4-14(18)8-16(11)21-2/h3-9H,10H2,1-2H3. The third-order valence-corrected chi connectivity index (χ3v) is 3.87. The summed E-state index contributed by atoms with van der Waals surface area (Å²) in [5.74, 6) is 0.776. The molecule has 0 amide bonds. The largest absolute Gasteiger partial charge is 0.496 e. The topological polar surface area (TPSA) is 30.8 Å². The molecule has 0 saturated heterocycles. The molecule has 0 fully saturated rings. The average Bonchev–Trinajstić information content (AvgIpc) is 2.47. The molecule has 3 nitrogen and oxygen atoms in total. The van der Waals surface area contributed by atoms with E-state index in [9.17, 15) is 0 Å². The molecule has 2 aromatic carbocycles. The number of ether oxygens (including phenoxy) is 2. The Labute approximate surface area is 141 Å². The third kappa shape index (κ3) is 4.40. The highest BCUT2D eigenvalue weighted by molar-refractivity contribution is 9.10. The molecule has 2 aromatic rings. The van der Waals surface area contributed by atoms with Crippen LogP contribution in [0.2, 0.25) is 0 Å². The van der Waals surface area contributed by atoms with Gasteiger partial charge in [0.15, 0.2) is 0 Å². The van der Waals surface area contributed by atoms with Gasteiger partial charge in [-0.3, -0.25) is 4.99 Å². The summed E-state index contributed by atoms with van der Waals surface area (Å²) in [5, 5.41) is 0. The van der Waals surface area contributed by atoms with E-state index in [4.69, 9.17) is 9.47 Å². The van der Waals surface area contributed by atoms with Crippen molar-refractivity contribution in [3.8, 4) is 5.75 Å². The van der Waals surface area contributed by atoms with Crippen LogP contribution in [0.5, 0.6) is 5.75 Å². The molecule has 21 heavy (non-hydrogen) atoms. The summed E-state index contributed by atoms with van der Waals surface area (Å²) in [4.78, 5) is 4.55. The van der Waals surface area contributed by atoms with E-state index in [1.54, 1.807) is 20.4 Å². The summed E-state index contributed by atoms with van der Waals surface area (Å²) >= 11 is 6.89. The lowest BCUT2D eigenvalue weighted by atomic mass is 10.2. The first-order valence-corrected chi connectivity index (χ1v) is 7.87. The van der Waals surface area contributed by atoms with Crippen molar-refractivity contribution in [3.05, 3.63) is 56.5 Å². The van der Waals surface area contributed by atoms with Crippen molar-refractivity contribution in [2.45, 2.75) is 6.61 Å². The van der Waals surface area contributed by atoms with E-state index in [-0.39, 0.29) is 0 Å². The summed E-state index contributed by atoms with van der Waals surface area (Å²) in [6.07, 6.45) is 1.80. The summed E-state index contributed by atoms with van der Waals surface area (Å²) in [6, 6.07) is 11.8. The molecule has 5 heteroatoms. The molecule has 110 valence electrons. The van der Waals surface area contributed by atoms with Crippen molar-refractivity contribution in [3.63, 3.8) is 0 Å². The minimum Gasteiger partial charge on any atom is -0.496 e. The SMILES string of the molecule is COCc1cc(Br)ccc1N=Cc1ccc(Br)cc1OC. The minimum absolute atomic E-state index is 0.517. The molecule has 0 spiro atoms. The van der Waals surface area contributed by atoms with Gasteiger partial charge in [-0.2, -0.15) is 0 Å². The molecule has 0 aromatic heterocycles. The first kappa shape index (κ1) is 16.2. The number of aliphatic imine (C=N–C) groups is 1. The molecule has 0 aliphatic rings. The van der Waals surface area contributed by atoms with Gasteiger partial charge >= 0.3 is 0 Å². The molecule has 0 aliphatic heterocycles. The molecular weight excluding hydrogens is 398 g/mol. The van der Waals surface area contributed by atoms with Gasteiger partial charge in [0.2, 0.25) is 0 Å². The summed E-state index contributed by atoms with van der Waals surface area (Å²) in [7, 11) is 3.32. The Kier molecular flexibility index (Phi) is 5.96. The first-order chi connectivity index (χ1) is 10.1. The van der Waals surface area contributed by atoms with Gasteiger partial charge in [0, 0.05) is 33.4 Å². The molecule has 2 rings (SSSR count). The smallest absolute Gasteiger partial charge is 0.128 e. The lowest BCUT2D eigenvalue weighted by molar-refractivity contribution is 0.185. The maximum absolute atomic E-state index is 5.36. The number of benzene rings is 2. The highest BCUT2D eigenvalue weighted by Gasteiger charge is 2.04. The number of methoxy groups -OCH3 is 2. The second kappa shape index (κ2) is 7.73. The Bertz CT molecular complexity index is 657. The van der Waals surface area contributed by atoms with Gasteiger partial charge in [0.05, 0.1) is 19.4 Å². The zero-order valence-corrected chi connectivity index (χ0v) is 14.9. The Morgan fingerprint density at radius 2 is 1.76 bits per heavy atom.